The summed E-state index contributed by atoms with van der Waals surface area (Å²) in [7, 11) is 0. The van der Waals surface area contributed by atoms with Crippen LogP contribution in [-0.4, -0.2) is 29.5 Å². The summed E-state index contributed by atoms with van der Waals surface area (Å²) in [5.74, 6) is 0.0943. The van der Waals surface area contributed by atoms with Gasteiger partial charge in [0, 0.05) is 17.7 Å². The lowest BCUT2D eigenvalue weighted by Gasteiger charge is -2.39. The highest BCUT2D eigenvalue weighted by Crippen LogP contribution is 2.29. The van der Waals surface area contributed by atoms with E-state index in [9.17, 15) is 13.6 Å². The molecule has 0 aromatic heterocycles. The smallest absolute Gasteiger partial charge is 0.387 e. The Labute approximate surface area is 164 Å². The van der Waals surface area contributed by atoms with Crippen molar-refractivity contribution in [2.45, 2.75) is 51.8 Å². The number of carbonyl (C=O) groups is 1. The maximum atomic E-state index is 13.5. The van der Waals surface area contributed by atoms with E-state index < -0.39 is 6.61 Å². The molecule has 28 heavy (non-hydrogen) atoms. The summed E-state index contributed by atoms with van der Waals surface area (Å²) in [5, 5.41) is 0. The van der Waals surface area contributed by atoms with Crippen LogP contribution in [0.3, 0.4) is 0 Å². The molecule has 0 saturated carbocycles. The van der Waals surface area contributed by atoms with Gasteiger partial charge in [0.15, 0.2) is 0 Å². The van der Waals surface area contributed by atoms with Crippen LogP contribution in [0.25, 0.3) is 11.6 Å². The molecular weight excluding hydrogens is 360 g/mol. The summed E-state index contributed by atoms with van der Waals surface area (Å²) in [6, 6.07) is 16.2. The molecular formula is C23H25F2NO2. The van der Waals surface area contributed by atoms with Gasteiger partial charge in [-0.25, -0.2) is 0 Å². The zero-order valence-electron chi connectivity index (χ0n) is 16.1. The molecule has 1 aliphatic rings. The molecule has 1 amide bonds. The molecule has 1 saturated heterocycles. The Morgan fingerprint density at radius 3 is 2.21 bits per heavy atom. The van der Waals surface area contributed by atoms with E-state index in [2.05, 4.69) is 18.6 Å². The largest absolute Gasteiger partial charge is 0.435 e. The molecule has 2 aromatic rings. The molecule has 1 aliphatic heterocycles. The number of hydrogen-bond donors (Lipinski definition) is 0. The monoisotopic (exact) mass is 385 g/mol. The van der Waals surface area contributed by atoms with Gasteiger partial charge in [-0.1, -0.05) is 42.5 Å². The van der Waals surface area contributed by atoms with E-state index in [1.165, 1.54) is 12.1 Å². The third-order valence-electron chi connectivity index (χ3n) is 5.16. The fourth-order valence-electron chi connectivity index (χ4n) is 3.76. The summed E-state index contributed by atoms with van der Waals surface area (Å²) >= 11 is 0. The predicted molar refractivity (Wildman–Crippen MR) is 107 cm³/mol. The Morgan fingerprint density at radius 2 is 1.64 bits per heavy atom. The number of ether oxygens (including phenoxy) is 1. The van der Waals surface area contributed by atoms with E-state index in [0.717, 1.165) is 30.4 Å². The minimum atomic E-state index is -2.86. The SMILES string of the molecule is C[C@H]1CCC[C@H](C)N1C(=O)/C(=C/c1ccc(OC(F)F)cc1)c1ccccc1. The molecule has 3 nitrogen and oxygen atoms in total. The van der Waals surface area contributed by atoms with Gasteiger partial charge in [-0.3, -0.25) is 4.79 Å². The van der Waals surface area contributed by atoms with Crippen molar-refractivity contribution in [3.05, 3.63) is 65.7 Å². The number of amides is 1. The fraction of sp³-hybridized carbons (Fsp3) is 0.348. The van der Waals surface area contributed by atoms with Crippen LogP contribution in [0, 0.1) is 0 Å². The highest BCUT2D eigenvalue weighted by atomic mass is 19.3. The van der Waals surface area contributed by atoms with Crippen molar-refractivity contribution in [2.24, 2.45) is 0 Å². The number of rotatable bonds is 5. The highest BCUT2D eigenvalue weighted by molar-refractivity contribution is 6.24. The molecule has 3 rings (SSSR count). The third kappa shape index (κ3) is 4.77. The van der Waals surface area contributed by atoms with Crippen LogP contribution in [0.15, 0.2) is 54.6 Å². The van der Waals surface area contributed by atoms with Gasteiger partial charge in [0.1, 0.15) is 5.75 Å². The molecule has 5 heteroatoms. The van der Waals surface area contributed by atoms with E-state index in [0.29, 0.717) is 5.57 Å². The number of halogens is 2. The van der Waals surface area contributed by atoms with Crippen molar-refractivity contribution >= 4 is 17.6 Å². The first-order valence-electron chi connectivity index (χ1n) is 9.60. The van der Waals surface area contributed by atoms with Gasteiger partial charge >= 0.3 is 6.61 Å². The Bertz CT molecular complexity index is 808. The maximum Gasteiger partial charge on any atom is 0.387 e. The summed E-state index contributed by atoms with van der Waals surface area (Å²) in [4.78, 5) is 15.4. The Kier molecular flexibility index (Phi) is 6.45. The van der Waals surface area contributed by atoms with Crippen molar-refractivity contribution in [1.29, 1.82) is 0 Å². The molecule has 148 valence electrons. The Balaban J connectivity index is 1.95. The predicted octanol–water partition coefficient (Wildman–Crippen LogP) is 5.62. The number of benzene rings is 2. The van der Waals surface area contributed by atoms with Crippen LogP contribution in [0.4, 0.5) is 8.78 Å². The van der Waals surface area contributed by atoms with Crippen molar-refractivity contribution in [2.75, 3.05) is 0 Å². The second-order valence-electron chi connectivity index (χ2n) is 7.21. The molecule has 1 fully saturated rings. The molecule has 2 aromatic carbocycles. The van der Waals surface area contributed by atoms with Crippen molar-refractivity contribution in [3.8, 4) is 5.75 Å². The molecule has 0 radical (unpaired) electrons. The number of alkyl halides is 2. The maximum absolute atomic E-state index is 13.5. The quantitative estimate of drug-likeness (QED) is 0.494. The molecule has 0 spiro atoms. The molecule has 0 aliphatic carbocycles. The van der Waals surface area contributed by atoms with E-state index in [1.54, 1.807) is 12.1 Å². The average molecular weight is 385 g/mol. The van der Waals surface area contributed by atoms with Crippen molar-refractivity contribution in [1.82, 2.24) is 4.90 Å². The zero-order chi connectivity index (χ0) is 20.1. The number of carbonyl (C=O) groups excluding carboxylic acids is 1. The van der Waals surface area contributed by atoms with Crippen LogP contribution in [0.5, 0.6) is 5.75 Å². The summed E-state index contributed by atoms with van der Waals surface area (Å²) < 4.78 is 29.1. The first-order chi connectivity index (χ1) is 13.5. The van der Waals surface area contributed by atoms with E-state index in [1.807, 2.05) is 41.3 Å². The lowest BCUT2D eigenvalue weighted by molar-refractivity contribution is -0.130. The zero-order valence-corrected chi connectivity index (χ0v) is 16.1. The summed E-state index contributed by atoms with van der Waals surface area (Å²) in [6.45, 7) is 1.32. The van der Waals surface area contributed by atoms with Crippen LogP contribution in [-0.2, 0) is 4.79 Å². The summed E-state index contributed by atoms with van der Waals surface area (Å²) in [5.41, 5.74) is 2.19. The summed E-state index contributed by atoms with van der Waals surface area (Å²) in [6.07, 6.45) is 4.94. The first kappa shape index (κ1) is 20.1. The van der Waals surface area contributed by atoms with Gasteiger partial charge in [-0.2, -0.15) is 8.78 Å². The minimum absolute atomic E-state index is 0.00110. The molecule has 2 atom stereocenters. The van der Waals surface area contributed by atoms with Gasteiger partial charge in [0.05, 0.1) is 0 Å². The van der Waals surface area contributed by atoms with E-state index in [-0.39, 0.29) is 23.7 Å². The van der Waals surface area contributed by atoms with Crippen molar-refractivity contribution < 1.29 is 18.3 Å². The first-order valence-corrected chi connectivity index (χ1v) is 9.60. The molecule has 1 heterocycles. The molecule has 0 N–H and O–H groups in total. The standard InChI is InChI=1S/C23H25F2NO2/c1-16-7-6-8-17(2)26(16)22(27)21(19-9-4-3-5-10-19)15-18-11-13-20(14-12-18)28-23(24)25/h3-5,9-17,23H,6-8H2,1-2H3/b21-15+/t16-,17-/m0/s1. The third-order valence-corrected chi connectivity index (χ3v) is 5.16. The van der Waals surface area contributed by atoms with Crippen LogP contribution >= 0.6 is 0 Å². The molecule has 0 bridgehead atoms. The van der Waals surface area contributed by atoms with Gasteiger partial charge < -0.3 is 9.64 Å². The van der Waals surface area contributed by atoms with Gasteiger partial charge in [-0.05, 0) is 62.4 Å². The Hall–Kier alpha value is -2.69. The number of piperidine rings is 1. The van der Waals surface area contributed by atoms with E-state index in [4.69, 9.17) is 0 Å². The number of nitrogens with zero attached hydrogens (tertiary/aromatic N) is 1. The van der Waals surface area contributed by atoms with Gasteiger partial charge in [0.25, 0.3) is 5.91 Å². The topological polar surface area (TPSA) is 29.5 Å². The Morgan fingerprint density at radius 1 is 1.04 bits per heavy atom. The highest BCUT2D eigenvalue weighted by Gasteiger charge is 2.31. The second kappa shape index (κ2) is 9.00. The normalized spacial score (nSPS) is 20.3. The van der Waals surface area contributed by atoms with E-state index >= 15 is 0 Å². The number of hydrogen-bond acceptors (Lipinski definition) is 2. The van der Waals surface area contributed by atoms with Crippen LogP contribution < -0.4 is 4.74 Å². The van der Waals surface area contributed by atoms with Gasteiger partial charge in [-0.15, -0.1) is 0 Å². The van der Waals surface area contributed by atoms with Crippen LogP contribution in [0.2, 0.25) is 0 Å². The van der Waals surface area contributed by atoms with Gasteiger partial charge in [0.2, 0.25) is 0 Å². The average Bonchev–Trinajstić information content (AvgIpc) is 2.67. The second-order valence-corrected chi connectivity index (χ2v) is 7.21. The number of likely N-dealkylation sites (tertiary alicyclic amines) is 1. The fourth-order valence-corrected chi connectivity index (χ4v) is 3.76. The van der Waals surface area contributed by atoms with Crippen molar-refractivity contribution in [3.63, 3.8) is 0 Å². The lowest BCUT2D eigenvalue weighted by atomic mass is 9.94. The minimum Gasteiger partial charge on any atom is -0.435 e. The van der Waals surface area contributed by atoms with Crippen LogP contribution in [0.1, 0.15) is 44.2 Å². The lowest BCUT2D eigenvalue weighted by Crippen LogP contribution is -2.47. The molecule has 0 unspecified atom stereocenters.